The van der Waals surface area contributed by atoms with E-state index in [1.54, 1.807) is 6.20 Å². The van der Waals surface area contributed by atoms with E-state index < -0.39 is 0 Å². The molecule has 0 bridgehead atoms. The molecule has 0 spiro atoms. The third-order valence-electron chi connectivity index (χ3n) is 6.49. The molecule has 36 heavy (non-hydrogen) atoms. The largest absolute Gasteiger partial charge is 0.350 e. The van der Waals surface area contributed by atoms with Crippen LogP contribution in [0.3, 0.4) is 0 Å². The average molecular weight is 478 g/mol. The highest BCUT2D eigenvalue weighted by atomic mass is 19.1. The standard InChI is InChI=1S/C31H28FN3O/c1-22-7-6-8-24(17-22)28(18-31(36)34-19-26-9-4-5-16-33-26)29-21-35(30-11-3-2-10-27(29)30)20-23-12-14-25(32)15-13-23/h2-17,21,28H,18-20H2,1H3,(H,34,36). The third kappa shape index (κ3) is 5.36. The van der Waals surface area contributed by atoms with Crippen LogP contribution in [0.15, 0.2) is 103 Å². The minimum atomic E-state index is -0.243. The van der Waals surface area contributed by atoms with Crippen molar-refractivity contribution >= 4 is 16.8 Å². The lowest BCUT2D eigenvalue weighted by Gasteiger charge is -2.18. The van der Waals surface area contributed by atoms with Crippen LogP contribution < -0.4 is 5.32 Å². The van der Waals surface area contributed by atoms with Gasteiger partial charge in [0, 0.05) is 42.2 Å². The van der Waals surface area contributed by atoms with Crippen LogP contribution in [0.1, 0.15) is 40.3 Å². The highest BCUT2D eigenvalue weighted by Gasteiger charge is 2.23. The maximum Gasteiger partial charge on any atom is 0.221 e. The number of carbonyl (C=O) groups is 1. The fourth-order valence-electron chi connectivity index (χ4n) is 4.71. The maximum atomic E-state index is 13.5. The third-order valence-corrected chi connectivity index (χ3v) is 6.49. The van der Waals surface area contributed by atoms with Gasteiger partial charge in [-0.05, 0) is 53.9 Å². The molecule has 1 atom stereocenters. The number of nitrogens with one attached hydrogen (secondary N) is 1. The number of aryl methyl sites for hydroxylation is 1. The molecule has 0 saturated carbocycles. The van der Waals surface area contributed by atoms with Gasteiger partial charge in [0.25, 0.3) is 0 Å². The van der Waals surface area contributed by atoms with E-state index in [9.17, 15) is 9.18 Å². The number of benzene rings is 3. The summed E-state index contributed by atoms with van der Waals surface area (Å²) in [7, 11) is 0. The molecule has 0 fully saturated rings. The van der Waals surface area contributed by atoms with Crippen LogP contribution in [0.2, 0.25) is 0 Å². The SMILES string of the molecule is Cc1cccc(C(CC(=O)NCc2ccccn2)c2cn(Cc3ccc(F)cc3)c3ccccc23)c1. The molecule has 1 unspecified atom stereocenters. The van der Waals surface area contributed by atoms with Gasteiger partial charge < -0.3 is 9.88 Å². The molecule has 5 rings (SSSR count). The van der Waals surface area contributed by atoms with Crippen molar-refractivity contribution in [2.45, 2.75) is 32.4 Å². The zero-order valence-electron chi connectivity index (χ0n) is 20.2. The van der Waals surface area contributed by atoms with E-state index >= 15 is 0 Å². The number of pyridine rings is 1. The van der Waals surface area contributed by atoms with Crippen LogP contribution in [-0.4, -0.2) is 15.5 Å². The summed E-state index contributed by atoms with van der Waals surface area (Å²) >= 11 is 0. The predicted molar refractivity (Wildman–Crippen MR) is 141 cm³/mol. The van der Waals surface area contributed by atoms with Crippen molar-refractivity contribution in [2.75, 3.05) is 0 Å². The van der Waals surface area contributed by atoms with Crippen LogP contribution in [0.25, 0.3) is 10.9 Å². The molecular formula is C31H28FN3O. The van der Waals surface area contributed by atoms with Gasteiger partial charge in [-0.2, -0.15) is 0 Å². The van der Waals surface area contributed by atoms with E-state index in [4.69, 9.17) is 0 Å². The number of fused-ring (bicyclic) bond motifs is 1. The number of halogens is 1. The monoisotopic (exact) mass is 477 g/mol. The Morgan fingerprint density at radius 3 is 2.56 bits per heavy atom. The van der Waals surface area contributed by atoms with Crippen LogP contribution in [0.4, 0.5) is 4.39 Å². The first-order chi connectivity index (χ1) is 17.6. The van der Waals surface area contributed by atoms with Gasteiger partial charge in [0.15, 0.2) is 0 Å². The molecule has 180 valence electrons. The van der Waals surface area contributed by atoms with Gasteiger partial charge in [-0.15, -0.1) is 0 Å². The van der Waals surface area contributed by atoms with Crippen molar-refractivity contribution in [1.82, 2.24) is 14.9 Å². The summed E-state index contributed by atoms with van der Waals surface area (Å²) < 4.78 is 15.6. The van der Waals surface area contributed by atoms with E-state index in [2.05, 4.69) is 58.3 Å². The van der Waals surface area contributed by atoms with Crippen molar-refractivity contribution in [3.8, 4) is 0 Å². The lowest BCUT2D eigenvalue weighted by atomic mass is 9.87. The molecule has 5 heteroatoms. The Balaban J connectivity index is 1.49. The zero-order valence-corrected chi connectivity index (χ0v) is 20.2. The highest BCUT2D eigenvalue weighted by Crippen LogP contribution is 2.35. The highest BCUT2D eigenvalue weighted by molar-refractivity contribution is 5.86. The quantitative estimate of drug-likeness (QED) is 0.282. The molecule has 0 aliphatic heterocycles. The van der Waals surface area contributed by atoms with Crippen LogP contribution >= 0.6 is 0 Å². The Hall–Kier alpha value is -4.25. The number of hydrogen-bond acceptors (Lipinski definition) is 2. The minimum Gasteiger partial charge on any atom is -0.350 e. The smallest absolute Gasteiger partial charge is 0.221 e. The zero-order chi connectivity index (χ0) is 24.9. The summed E-state index contributed by atoms with van der Waals surface area (Å²) in [5.41, 5.74) is 6.29. The molecule has 1 N–H and O–H groups in total. The molecule has 0 aliphatic carbocycles. The molecule has 1 amide bonds. The summed E-state index contributed by atoms with van der Waals surface area (Å²) in [6, 6.07) is 28.9. The first-order valence-corrected chi connectivity index (χ1v) is 12.1. The molecule has 0 aliphatic rings. The van der Waals surface area contributed by atoms with Crippen molar-refractivity contribution in [3.05, 3.63) is 137 Å². The molecule has 2 aromatic heterocycles. The van der Waals surface area contributed by atoms with Crippen molar-refractivity contribution in [3.63, 3.8) is 0 Å². The molecule has 3 aromatic carbocycles. The summed E-state index contributed by atoms with van der Waals surface area (Å²) in [6.07, 6.45) is 4.20. The average Bonchev–Trinajstić information content (AvgIpc) is 3.26. The normalized spacial score (nSPS) is 11.9. The number of amides is 1. The Labute approximate surface area is 210 Å². The van der Waals surface area contributed by atoms with Gasteiger partial charge in [0.05, 0.1) is 12.2 Å². The van der Waals surface area contributed by atoms with Gasteiger partial charge in [0.1, 0.15) is 5.82 Å². The number of rotatable bonds is 8. The fraction of sp³-hybridized carbons (Fsp3) is 0.161. The van der Waals surface area contributed by atoms with Gasteiger partial charge in [-0.3, -0.25) is 9.78 Å². The number of para-hydroxylation sites is 1. The van der Waals surface area contributed by atoms with E-state index in [-0.39, 0.29) is 17.6 Å². The Kier molecular flexibility index (Phi) is 6.89. The lowest BCUT2D eigenvalue weighted by Crippen LogP contribution is -2.25. The van der Waals surface area contributed by atoms with Crippen molar-refractivity contribution in [2.24, 2.45) is 0 Å². The van der Waals surface area contributed by atoms with Crippen LogP contribution in [-0.2, 0) is 17.9 Å². The second-order valence-electron chi connectivity index (χ2n) is 9.12. The van der Waals surface area contributed by atoms with Gasteiger partial charge >= 0.3 is 0 Å². The van der Waals surface area contributed by atoms with E-state index in [1.165, 1.54) is 12.1 Å². The molecule has 5 aromatic rings. The summed E-state index contributed by atoms with van der Waals surface area (Å²) in [4.78, 5) is 17.4. The van der Waals surface area contributed by atoms with Crippen molar-refractivity contribution < 1.29 is 9.18 Å². The number of aromatic nitrogens is 2. The van der Waals surface area contributed by atoms with Crippen LogP contribution in [0, 0.1) is 12.7 Å². The van der Waals surface area contributed by atoms with Crippen LogP contribution in [0.5, 0.6) is 0 Å². The van der Waals surface area contributed by atoms with Gasteiger partial charge in [0.2, 0.25) is 5.91 Å². The number of hydrogen-bond donors (Lipinski definition) is 1. The van der Waals surface area contributed by atoms with E-state index in [0.29, 0.717) is 19.5 Å². The second kappa shape index (κ2) is 10.6. The molecular weight excluding hydrogens is 449 g/mol. The van der Waals surface area contributed by atoms with Crippen molar-refractivity contribution in [1.29, 1.82) is 0 Å². The summed E-state index contributed by atoms with van der Waals surface area (Å²) in [5, 5.41) is 4.15. The first-order valence-electron chi connectivity index (χ1n) is 12.1. The van der Waals surface area contributed by atoms with E-state index in [0.717, 1.165) is 38.9 Å². The van der Waals surface area contributed by atoms with Gasteiger partial charge in [-0.1, -0.05) is 66.2 Å². The summed E-state index contributed by atoms with van der Waals surface area (Å²) in [5.74, 6) is -0.386. The lowest BCUT2D eigenvalue weighted by molar-refractivity contribution is -0.121. The molecule has 0 radical (unpaired) electrons. The topological polar surface area (TPSA) is 46.9 Å². The van der Waals surface area contributed by atoms with E-state index in [1.807, 2.05) is 48.5 Å². The molecule has 4 nitrogen and oxygen atoms in total. The Morgan fingerprint density at radius 1 is 0.972 bits per heavy atom. The second-order valence-corrected chi connectivity index (χ2v) is 9.12. The van der Waals surface area contributed by atoms with Gasteiger partial charge in [-0.25, -0.2) is 4.39 Å². The summed E-state index contributed by atoms with van der Waals surface area (Å²) in [6.45, 7) is 3.08. The fourth-order valence-corrected chi connectivity index (χ4v) is 4.71. The first kappa shape index (κ1) is 23.5. The minimum absolute atomic E-state index is 0.0254. The number of carbonyl (C=O) groups excluding carboxylic acids is 1. The Bertz CT molecular complexity index is 1480. The predicted octanol–water partition coefficient (Wildman–Crippen LogP) is 6.37. The molecule has 0 saturated heterocycles. The maximum absolute atomic E-state index is 13.5. The molecule has 2 heterocycles. The number of nitrogens with zero attached hydrogens (tertiary/aromatic N) is 2. The Morgan fingerprint density at radius 2 is 1.78 bits per heavy atom.